The van der Waals surface area contributed by atoms with Crippen LogP contribution in [0.5, 0.6) is 0 Å². The van der Waals surface area contributed by atoms with Gasteiger partial charge in [-0.3, -0.25) is 0 Å². The monoisotopic (exact) mass is 222 g/mol. The van der Waals surface area contributed by atoms with Gasteiger partial charge in [-0.25, -0.2) is 4.98 Å². The Hall–Kier alpha value is -0.970. The maximum Gasteiger partial charge on any atom is 0.111 e. The number of thiazole rings is 1. The van der Waals surface area contributed by atoms with Crippen LogP contribution in [-0.2, 0) is 0 Å². The van der Waals surface area contributed by atoms with Crippen LogP contribution in [0.2, 0.25) is 0 Å². The Morgan fingerprint density at radius 2 is 2.33 bits per heavy atom. The van der Waals surface area contributed by atoms with Gasteiger partial charge in [0.05, 0.1) is 16.3 Å². The normalized spacial score (nSPS) is 13.3. The molecular formula is C11H14N2OS. The van der Waals surface area contributed by atoms with Crippen LogP contribution in [0.4, 0.5) is 0 Å². The summed E-state index contributed by atoms with van der Waals surface area (Å²) in [6.45, 7) is 2.17. The number of aliphatic hydroxyl groups is 1. The molecule has 0 amide bonds. The second kappa shape index (κ2) is 4.26. The maximum atomic E-state index is 8.81. The largest absolute Gasteiger partial charge is 0.396 e. The number of aryl methyl sites for hydroxylation is 1. The Labute approximate surface area is 92.6 Å². The lowest BCUT2D eigenvalue weighted by molar-refractivity contribution is 0.276. The zero-order valence-corrected chi connectivity index (χ0v) is 9.42. The lowest BCUT2D eigenvalue weighted by atomic mass is 10.2. The second-order valence-corrected chi connectivity index (χ2v) is 4.70. The van der Waals surface area contributed by atoms with Gasteiger partial charge in [0.2, 0.25) is 0 Å². The minimum Gasteiger partial charge on any atom is -0.396 e. The Bertz CT molecular complexity index is 467. The highest BCUT2D eigenvalue weighted by Crippen LogP contribution is 2.27. The molecule has 0 aliphatic rings. The van der Waals surface area contributed by atoms with E-state index in [2.05, 4.69) is 18.0 Å². The maximum absolute atomic E-state index is 8.81. The first-order valence-corrected chi connectivity index (χ1v) is 5.76. The number of hydrogen-bond donors (Lipinski definition) is 2. The molecule has 0 saturated carbocycles. The van der Waals surface area contributed by atoms with Crippen molar-refractivity contribution in [2.75, 3.05) is 6.61 Å². The molecule has 3 nitrogen and oxygen atoms in total. The van der Waals surface area contributed by atoms with E-state index in [-0.39, 0.29) is 12.6 Å². The summed E-state index contributed by atoms with van der Waals surface area (Å²) in [6, 6.07) is 6.02. The summed E-state index contributed by atoms with van der Waals surface area (Å²) in [4.78, 5) is 4.45. The van der Waals surface area contributed by atoms with E-state index in [1.165, 1.54) is 10.3 Å². The lowest BCUT2D eigenvalue weighted by Gasteiger charge is -2.03. The molecule has 4 heteroatoms. The SMILES string of the molecule is Cc1ccc2nc(C(N)CCO)sc2c1. The second-order valence-electron chi connectivity index (χ2n) is 3.64. The summed E-state index contributed by atoms with van der Waals surface area (Å²) in [6.07, 6.45) is 0.568. The number of rotatable bonds is 3. The molecule has 3 N–H and O–H groups in total. The van der Waals surface area contributed by atoms with Crippen LogP contribution in [0.1, 0.15) is 23.0 Å². The topological polar surface area (TPSA) is 59.1 Å². The molecule has 15 heavy (non-hydrogen) atoms. The summed E-state index contributed by atoms with van der Waals surface area (Å²) in [7, 11) is 0. The third-order valence-electron chi connectivity index (χ3n) is 2.32. The summed E-state index contributed by atoms with van der Waals surface area (Å²) in [5.74, 6) is 0. The zero-order chi connectivity index (χ0) is 10.8. The van der Waals surface area contributed by atoms with E-state index >= 15 is 0 Å². The first-order valence-electron chi connectivity index (χ1n) is 4.94. The van der Waals surface area contributed by atoms with Crippen LogP contribution in [-0.4, -0.2) is 16.7 Å². The third kappa shape index (κ3) is 2.17. The molecule has 1 aromatic carbocycles. The molecule has 1 unspecified atom stereocenters. The number of nitrogens with zero attached hydrogens (tertiary/aromatic N) is 1. The standard InChI is InChI=1S/C11H14N2OS/c1-7-2-3-9-10(6-7)15-11(13-9)8(12)4-5-14/h2-3,6,8,14H,4-5,12H2,1H3. The predicted molar refractivity (Wildman–Crippen MR) is 63.0 cm³/mol. The average Bonchev–Trinajstić information content (AvgIpc) is 2.60. The van der Waals surface area contributed by atoms with E-state index in [9.17, 15) is 0 Å². The molecule has 1 aromatic heterocycles. The molecule has 1 atom stereocenters. The summed E-state index contributed by atoms with van der Waals surface area (Å²) >= 11 is 1.61. The first-order chi connectivity index (χ1) is 7.20. The Morgan fingerprint density at radius 3 is 3.07 bits per heavy atom. The predicted octanol–water partition coefficient (Wildman–Crippen LogP) is 1.99. The number of fused-ring (bicyclic) bond motifs is 1. The summed E-state index contributed by atoms with van der Waals surface area (Å²) in [5, 5.41) is 9.72. The quantitative estimate of drug-likeness (QED) is 0.835. The van der Waals surface area contributed by atoms with Crippen LogP contribution in [0.15, 0.2) is 18.2 Å². The number of benzene rings is 1. The van der Waals surface area contributed by atoms with Gasteiger partial charge in [-0.05, 0) is 31.0 Å². The molecule has 80 valence electrons. The van der Waals surface area contributed by atoms with E-state index in [4.69, 9.17) is 10.8 Å². The molecule has 2 rings (SSSR count). The first kappa shape index (κ1) is 10.5. The molecule has 1 heterocycles. The number of nitrogens with two attached hydrogens (primary N) is 1. The van der Waals surface area contributed by atoms with Crippen LogP contribution in [0.3, 0.4) is 0 Å². The fourth-order valence-electron chi connectivity index (χ4n) is 1.47. The molecule has 2 aromatic rings. The van der Waals surface area contributed by atoms with E-state index < -0.39 is 0 Å². The van der Waals surface area contributed by atoms with E-state index in [0.717, 1.165) is 10.5 Å². The lowest BCUT2D eigenvalue weighted by Crippen LogP contribution is -2.11. The van der Waals surface area contributed by atoms with Crippen molar-refractivity contribution in [1.82, 2.24) is 4.98 Å². The molecule has 0 aliphatic carbocycles. The van der Waals surface area contributed by atoms with E-state index in [0.29, 0.717) is 6.42 Å². The number of aliphatic hydroxyl groups excluding tert-OH is 1. The number of hydrogen-bond acceptors (Lipinski definition) is 4. The van der Waals surface area contributed by atoms with Gasteiger partial charge in [0.25, 0.3) is 0 Å². The molecule has 0 aliphatic heterocycles. The smallest absolute Gasteiger partial charge is 0.111 e. The number of aromatic nitrogens is 1. The van der Waals surface area contributed by atoms with Gasteiger partial charge >= 0.3 is 0 Å². The van der Waals surface area contributed by atoms with Gasteiger partial charge < -0.3 is 10.8 Å². The van der Waals surface area contributed by atoms with Crippen LogP contribution >= 0.6 is 11.3 Å². The van der Waals surface area contributed by atoms with Crippen molar-refractivity contribution in [2.24, 2.45) is 5.73 Å². The molecule has 0 fully saturated rings. The molecule has 0 bridgehead atoms. The molecule has 0 radical (unpaired) electrons. The van der Waals surface area contributed by atoms with Crippen molar-refractivity contribution >= 4 is 21.6 Å². The minimum absolute atomic E-state index is 0.107. The van der Waals surface area contributed by atoms with Crippen LogP contribution in [0, 0.1) is 6.92 Å². The summed E-state index contributed by atoms with van der Waals surface area (Å²) in [5.41, 5.74) is 8.12. The molecular weight excluding hydrogens is 208 g/mol. The van der Waals surface area contributed by atoms with Gasteiger partial charge in [-0.2, -0.15) is 0 Å². The summed E-state index contributed by atoms with van der Waals surface area (Å²) < 4.78 is 1.17. The van der Waals surface area contributed by atoms with Crippen molar-refractivity contribution in [1.29, 1.82) is 0 Å². The van der Waals surface area contributed by atoms with E-state index in [1.54, 1.807) is 11.3 Å². The zero-order valence-electron chi connectivity index (χ0n) is 8.60. The highest BCUT2D eigenvalue weighted by molar-refractivity contribution is 7.18. The van der Waals surface area contributed by atoms with Crippen molar-refractivity contribution in [3.05, 3.63) is 28.8 Å². The average molecular weight is 222 g/mol. The van der Waals surface area contributed by atoms with Crippen molar-refractivity contribution in [3.63, 3.8) is 0 Å². The Kier molecular flexibility index (Phi) is 3.00. The van der Waals surface area contributed by atoms with Crippen molar-refractivity contribution < 1.29 is 5.11 Å². The van der Waals surface area contributed by atoms with Crippen molar-refractivity contribution in [3.8, 4) is 0 Å². The highest BCUT2D eigenvalue weighted by Gasteiger charge is 2.11. The van der Waals surface area contributed by atoms with Gasteiger partial charge in [-0.1, -0.05) is 6.07 Å². The van der Waals surface area contributed by atoms with E-state index in [1.807, 2.05) is 12.1 Å². The minimum atomic E-state index is -0.146. The third-order valence-corrected chi connectivity index (χ3v) is 3.47. The van der Waals surface area contributed by atoms with Gasteiger partial charge in [0.15, 0.2) is 0 Å². The Balaban J connectivity index is 2.38. The van der Waals surface area contributed by atoms with Gasteiger partial charge in [-0.15, -0.1) is 11.3 Å². The fraction of sp³-hybridized carbons (Fsp3) is 0.364. The van der Waals surface area contributed by atoms with Crippen LogP contribution in [0.25, 0.3) is 10.2 Å². The van der Waals surface area contributed by atoms with Gasteiger partial charge in [0, 0.05) is 6.61 Å². The van der Waals surface area contributed by atoms with Crippen LogP contribution < -0.4 is 5.73 Å². The highest BCUT2D eigenvalue weighted by atomic mass is 32.1. The Morgan fingerprint density at radius 1 is 1.53 bits per heavy atom. The molecule has 0 spiro atoms. The van der Waals surface area contributed by atoms with Gasteiger partial charge in [0.1, 0.15) is 5.01 Å². The fourth-order valence-corrected chi connectivity index (χ4v) is 2.57. The molecule has 0 saturated heterocycles. The van der Waals surface area contributed by atoms with Crippen molar-refractivity contribution in [2.45, 2.75) is 19.4 Å².